The quantitative estimate of drug-likeness (QED) is 0.826. The molecular weight excluding hydrogens is 288 g/mol. The highest BCUT2D eigenvalue weighted by Gasteiger charge is 2.14. The maximum atomic E-state index is 13.5. The molecule has 0 spiro atoms. The summed E-state index contributed by atoms with van der Waals surface area (Å²) in [6.07, 6.45) is 3.39. The number of hydrogen-bond donors (Lipinski definition) is 2. The summed E-state index contributed by atoms with van der Waals surface area (Å²) in [5.74, 6) is 0.151. The van der Waals surface area contributed by atoms with E-state index in [2.05, 4.69) is 16.9 Å². The van der Waals surface area contributed by atoms with Gasteiger partial charge in [0.2, 0.25) is 0 Å². The van der Waals surface area contributed by atoms with Crippen molar-refractivity contribution in [2.24, 2.45) is 5.73 Å². The number of aromatic nitrogens is 2. The number of hydrogen-bond acceptors (Lipinski definition) is 2. The van der Waals surface area contributed by atoms with Crippen LogP contribution < -0.4 is 5.73 Å². The average Bonchev–Trinajstić information content (AvgIpc) is 2.83. The summed E-state index contributed by atoms with van der Waals surface area (Å²) in [5.41, 5.74) is 7.11. The summed E-state index contributed by atoms with van der Waals surface area (Å²) >= 11 is 11.7. The number of nitrogens with zero attached hydrogens (tertiary/aromatic N) is 1. The largest absolute Gasteiger partial charge is 0.341 e. The summed E-state index contributed by atoms with van der Waals surface area (Å²) in [7, 11) is 0. The van der Waals surface area contributed by atoms with Crippen LogP contribution in [0.15, 0.2) is 18.3 Å². The minimum Gasteiger partial charge on any atom is -0.341 e. The fraction of sp³-hybridized carbons (Fsp3) is 0.308. The SMILES string of the molecule is CCCC(N)c1ncc(-c2cc(F)c(Cl)cc2Cl)[nH]1. The van der Waals surface area contributed by atoms with Gasteiger partial charge in [-0.25, -0.2) is 9.37 Å². The van der Waals surface area contributed by atoms with Gasteiger partial charge in [-0.3, -0.25) is 0 Å². The van der Waals surface area contributed by atoms with Crippen molar-refractivity contribution in [1.29, 1.82) is 0 Å². The maximum Gasteiger partial charge on any atom is 0.142 e. The second kappa shape index (κ2) is 5.90. The van der Waals surface area contributed by atoms with Crippen LogP contribution in [0.1, 0.15) is 31.6 Å². The van der Waals surface area contributed by atoms with E-state index >= 15 is 0 Å². The molecule has 0 aliphatic rings. The summed E-state index contributed by atoms with van der Waals surface area (Å²) in [6, 6.07) is 2.50. The number of nitrogens with two attached hydrogens (primary N) is 1. The normalized spacial score (nSPS) is 12.7. The number of aromatic amines is 1. The summed E-state index contributed by atoms with van der Waals surface area (Å²) in [5, 5.41) is 0.363. The predicted octanol–water partition coefficient (Wildman–Crippen LogP) is 4.32. The molecule has 1 aromatic carbocycles. The number of rotatable bonds is 4. The van der Waals surface area contributed by atoms with Crippen molar-refractivity contribution in [2.75, 3.05) is 0 Å². The molecule has 1 unspecified atom stereocenters. The number of imidazole rings is 1. The van der Waals surface area contributed by atoms with Gasteiger partial charge in [0.05, 0.1) is 28.0 Å². The first-order chi connectivity index (χ1) is 9.02. The lowest BCUT2D eigenvalue weighted by Gasteiger charge is -2.06. The monoisotopic (exact) mass is 301 g/mol. The molecular formula is C13H14Cl2FN3. The molecule has 0 saturated carbocycles. The van der Waals surface area contributed by atoms with Gasteiger partial charge < -0.3 is 10.7 Å². The van der Waals surface area contributed by atoms with E-state index < -0.39 is 5.82 Å². The second-order valence-electron chi connectivity index (χ2n) is 4.32. The third kappa shape index (κ3) is 3.08. The third-order valence-corrected chi connectivity index (χ3v) is 3.45. The highest BCUT2D eigenvalue weighted by molar-refractivity contribution is 6.36. The van der Waals surface area contributed by atoms with Crippen LogP contribution in [0, 0.1) is 5.82 Å². The zero-order chi connectivity index (χ0) is 14.0. The lowest BCUT2D eigenvalue weighted by atomic mass is 10.1. The van der Waals surface area contributed by atoms with Crippen LogP contribution >= 0.6 is 23.2 Å². The van der Waals surface area contributed by atoms with Crippen LogP contribution in [-0.2, 0) is 0 Å². The second-order valence-corrected chi connectivity index (χ2v) is 5.14. The maximum absolute atomic E-state index is 13.5. The molecule has 1 atom stereocenters. The molecule has 1 aromatic heterocycles. The number of benzene rings is 1. The van der Waals surface area contributed by atoms with E-state index in [-0.39, 0.29) is 11.1 Å². The van der Waals surface area contributed by atoms with Crippen molar-refractivity contribution in [1.82, 2.24) is 9.97 Å². The predicted molar refractivity (Wildman–Crippen MR) is 75.8 cm³/mol. The van der Waals surface area contributed by atoms with E-state index in [9.17, 15) is 4.39 Å². The highest BCUT2D eigenvalue weighted by Crippen LogP contribution is 2.31. The Balaban J connectivity index is 2.35. The first-order valence-electron chi connectivity index (χ1n) is 5.98. The molecule has 102 valence electrons. The molecule has 0 aliphatic carbocycles. The molecule has 6 heteroatoms. The molecule has 0 aliphatic heterocycles. The van der Waals surface area contributed by atoms with Crippen molar-refractivity contribution in [2.45, 2.75) is 25.8 Å². The fourth-order valence-corrected chi connectivity index (χ4v) is 2.32. The number of nitrogens with one attached hydrogen (secondary N) is 1. The van der Waals surface area contributed by atoms with Gasteiger partial charge >= 0.3 is 0 Å². The van der Waals surface area contributed by atoms with E-state index in [4.69, 9.17) is 28.9 Å². The molecule has 2 aromatic rings. The van der Waals surface area contributed by atoms with Crippen LogP contribution in [0.4, 0.5) is 4.39 Å². The van der Waals surface area contributed by atoms with Crippen molar-refractivity contribution < 1.29 is 4.39 Å². The van der Waals surface area contributed by atoms with Gasteiger partial charge in [-0.2, -0.15) is 0 Å². The Morgan fingerprint density at radius 1 is 1.37 bits per heavy atom. The van der Waals surface area contributed by atoms with E-state index in [1.54, 1.807) is 6.20 Å². The molecule has 0 bridgehead atoms. The minimum absolute atomic E-state index is 0.00354. The summed E-state index contributed by atoms with van der Waals surface area (Å²) in [6.45, 7) is 2.05. The standard InChI is InChI=1S/C13H14Cl2FN3/c1-2-3-11(17)13-18-6-12(19-13)7-4-10(16)9(15)5-8(7)14/h4-6,11H,2-3,17H2,1H3,(H,18,19). The lowest BCUT2D eigenvalue weighted by Crippen LogP contribution is -2.11. The smallest absolute Gasteiger partial charge is 0.142 e. The Morgan fingerprint density at radius 2 is 2.11 bits per heavy atom. The zero-order valence-corrected chi connectivity index (χ0v) is 11.9. The molecule has 3 N–H and O–H groups in total. The van der Waals surface area contributed by atoms with Crippen molar-refractivity contribution >= 4 is 23.2 Å². The average molecular weight is 302 g/mol. The Bertz CT molecular complexity index is 583. The molecule has 0 fully saturated rings. The Hall–Kier alpha value is -1.10. The Morgan fingerprint density at radius 3 is 2.79 bits per heavy atom. The first kappa shape index (κ1) is 14.3. The summed E-state index contributed by atoms with van der Waals surface area (Å²) < 4.78 is 13.5. The van der Waals surface area contributed by atoms with E-state index in [1.807, 2.05) is 0 Å². The first-order valence-corrected chi connectivity index (χ1v) is 6.74. The van der Waals surface area contributed by atoms with Crippen molar-refractivity contribution in [3.8, 4) is 11.3 Å². The van der Waals surface area contributed by atoms with Crippen LogP contribution in [0.5, 0.6) is 0 Å². The number of halogens is 3. The van der Waals surface area contributed by atoms with E-state index in [1.165, 1.54) is 12.1 Å². The highest BCUT2D eigenvalue weighted by atomic mass is 35.5. The van der Waals surface area contributed by atoms with Crippen LogP contribution in [0.2, 0.25) is 10.0 Å². The van der Waals surface area contributed by atoms with Gasteiger partial charge in [0, 0.05) is 5.56 Å². The zero-order valence-electron chi connectivity index (χ0n) is 10.4. The molecule has 3 nitrogen and oxygen atoms in total. The lowest BCUT2D eigenvalue weighted by molar-refractivity contribution is 0.609. The third-order valence-electron chi connectivity index (χ3n) is 2.85. The van der Waals surface area contributed by atoms with Crippen LogP contribution in [0.3, 0.4) is 0 Å². The van der Waals surface area contributed by atoms with Crippen molar-refractivity contribution in [3.63, 3.8) is 0 Å². The van der Waals surface area contributed by atoms with Gasteiger partial charge in [0.25, 0.3) is 0 Å². The van der Waals surface area contributed by atoms with Crippen LogP contribution in [-0.4, -0.2) is 9.97 Å². The van der Waals surface area contributed by atoms with Crippen LogP contribution in [0.25, 0.3) is 11.3 Å². The topological polar surface area (TPSA) is 54.7 Å². The Kier molecular flexibility index (Phi) is 4.45. The van der Waals surface area contributed by atoms with Crippen molar-refractivity contribution in [3.05, 3.63) is 40.0 Å². The minimum atomic E-state index is -0.518. The number of H-pyrrole nitrogens is 1. The van der Waals surface area contributed by atoms with Gasteiger partial charge in [-0.15, -0.1) is 0 Å². The van der Waals surface area contributed by atoms with Gasteiger partial charge in [0.15, 0.2) is 0 Å². The van der Waals surface area contributed by atoms with Gasteiger partial charge in [0.1, 0.15) is 11.6 Å². The molecule has 0 saturated heterocycles. The van der Waals surface area contributed by atoms with Gasteiger partial charge in [-0.1, -0.05) is 36.5 Å². The fourth-order valence-electron chi connectivity index (χ4n) is 1.84. The molecule has 0 amide bonds. The molecule has 2 rings (SSSR count). The molecule has 0 radical (unpaired) electrons. The molecule has 1 heterocycles. The summed E-state index contributed by atoms with van der Waals surface area (Å²) in [4.78, 5) is 7.28. The van der Waals surface area contributed by atoms with Gasteiger partial charge in [-0.05, 0) is 18.6 Å². The Labute approximate surface area is 120 Å². The molecule has 19 heavy (non-hydrogen) atoms. The van der Waals surface area contributed by atoms with E-state index in [0.717, 1.165) is 12.8 Å². The van der Waals surface area contributed by atoms with E-state index in [0.29, 0.717) is 22.1 Å².